The van der Waals surface area contributed by atoms with Gasteiger partial charge in [0.05, 0.1) is 9.95 Å². The highest BCUT2D eigenvalue weighted by Crippen LogP contribution is 2.19. The minimum Gasteiger partial charge on any atom is -0.351 e. The number of pyridine rings is 1. The van der Waals surface area contributed by atoms with Crippen LogP contribution in [0.1, 0.15) is 15.9 Å². The summed E-state index contributed by atoms with van der Waals surface area (Å²) in [6.07, 6.45) is 1.71. The van der Waals surface area contributed by atoms with Gasteiger partial charge in [-0.1, -0.05) is 12.1 Å². The number of carbonyl (C=O) groups is 1. The van der Waals surface area contributed by atoms with Crippen LogP contribution in [-0.4, -0.2) is 28.1 Å². The number of nitrogens with zero attached hydrogens (tertiary/aromatic N) is 2. The molecular weight excluding hydrogens is 302 g/mol. The average Bonchev–Trinajstić information content (AvgIpc) is 2.52. The molecule has 0 spiro atoms. The predicted molar refractivity (Wildman–Crippen MR) is 85.1 cm³/mol. The van der Waals surface area contributed by atoms with Crippen molar-refractivity contribution in [2.75, 3.05) is 12.3 Å². The maximum Gasteiger partial charge on any atom is 0.273 e. The number of carbonyl (C=O) groups excluding carboxylic acids is 1. The number of amides is 1. The lowest BCUT2D eigenvalue weighted by atomic mass is 10.1. The Hall–Kier alpha value is -2.41. The number of rotatable bonds is 6. The molecule has 1 heterocycles. The Labute approximate surface area is 132 Å². The van der Waals surface area contributed by atoms with E-state index >= 15 is 0 Å². The Kier molecular flexibility index (Phi) is 5.48. The van der Waals surface area contributed by atoms with Crippen molar-refractivity contribution in [1.29, 1.82) is 0 Å². The van der Waals surface area contributed by atoms with E-state index in [1.54, 1.807) is 25.3 Å². The van der Waals surface area contributed by atoms with Gasteiger partial charge in [-0.15, -0.1) is 11.8 Å². The van der Waals surface area contributed by atoms with Crippen molar-refractivity contribution in [3.8, 4) is 0 Å². The lowest BCUT2D eigenvalue weighted by Crippen LogP contribution is -2.25. The number of aryl methyl sites for hydroxylation is 1. The van der Waals surface area contributed by atoms with E-state index < -0.39 is 4.92 Å². The fraction of sp³-hybridized carbons (Fsp3) is 0.200. The molecule has 1 aromatic heterocycles. The highest BCUT2D eigenvalue weighted by Gasteiger charge is 2.14. The highest BCUT2D eigenvalue weighted by molar-refractivity contribution is 7.99. The van der Waals surface area contributed by atoms with Crippen LogP contribution in [0.4, 0.5) is 5.69 Å². The van der Waals surface area contributed by atoms with Crippen molar-refractivity contribution in [2.24, 2.45) is 0 Å². The summed E-state index contributed by atoms with van der Waals surface area (Å²) in [5.74, 6) is 0.362. The molecule has 22 heavy (non-hydrogen) atoms. The number of hydrogen-bond donors (Lipinski definition) is 1. The molecular formula is C15H15N3O3S. The molecule has 1 N–H and O–H groups in total. The number of hydrogen-bond acceptors (Lipinski definition) is 5. The summed E-state index contributed by atoms with van der Waals surface area (Å²) >= 11 is 1.53. The largest absolute Gasteiger partial charge is 0.351 e. The molecule has 1 amide bonds. The molecule has 0 aliphatic carbocycles. The molecule has 2 aromatic rings. The van der Waals surface area contributed by atoms with E-state index in [4.69, 9.17) is 0 Å². The third-order valence-corrected chi connectivity index (χ3v) is 3.89. The zero-order valence-electron chi connectivity index (χ0n) is 12.0. The maximum atomic E-state index is 12.0. The van der Waals surface area contributed by atoms with Crippen LogP contribution in [-0.2, 0) is 0 Å². The quantitative estimate of drug-likeness (QED) is 0.383. The Bertz CT molecular complexity index is 677. The van der Waals surface area contributed by atoms with E-state index in [0.717, 1.165) is 5.03 Å². The van der Waals surface area contributed by atoms with Gasteiger partial charge in [0.1, 0.15) is 0 Å². The first kappa shape index (κ1) is 16.0. The Morgan fingerprint density at radius 1 is 1.36 bits per heavy atom. The molecule has 2 rings (SSSR count). The minimum atomic E-state index is -0.483. The van der Waals surface area contributed by atoms with Crippen LogP contribution in [0.2, 0.25) is 0 Å². The third kappa shape index (κ3) is 4.29. The number of nitro benzene ring substituents is 1. The van der Waals surface area contributed by atoms with E-state index in [-0.39, 0.29) is 11.6 Å². The number of benzene rings is 1. The fourth-order valence-electron chi connectivity index (χ4n) is 1.80. The van der Waals surface area contributed by atoms with Crippen molar-refractivity contribution >= 4 is 23.4 Å². The van der Waals surface area contributed by atoms with Gasteiger partial charge in [0.25, 0.3) is 11.6 Å². The van der Waals surface area contributed by atoms with E-state index in [0.29, 0.717) is 23.4 Å². The van der Waals surface area contributed by atoms with Crippen LogP contribution in [0.25, 0.3) is 0 Å². The van der Waals surface area contributed by atoms with Crippen molar-refractivity contribution in [2.45, 2.75) is 11.9 Å². The third-order valence-electron chi connectivity index (χ3n) is 2.94. The Balaban J connectivity index is 1.87. The molecule has 0 radical (unpaired) electrons. The molecule has 0 unspecified atom stereocenters. The van der Waals surface area contributed by atoms with Gasteiger partial charge in [-0.3, -0.25) is 14.9 Å². The lowest BCUT2D eigenvalue weighted by Gasteiger charge is -2.06. The molecule has 0 saturated heterocycles. The molecule has 0 saturated carbocycles. The summed E-state index contributed by atoms with van der Waals surface area (Å²) in [6.45, 7) is 2.10. The van der Waals surface area contributed by atoms with Crippen molar-refractivity contribution in [3.63, 3.8) is 0 Å². The monoisotopic (exact) mass is 317 g/mol. The number of aromatic nitrogens is 1. The Morgan fingerprint density at radius 3 is 2.86 bits per heavy atom. The van der Waals surface area contributed by atoms with Gasteiger partial charge < -0.3 is 5.32 Å². The fourth-order valence-corrected chi connectivity index (χ4v) is 2.53. The molecule has 1 aromatic carbocycles. The second kappa shape index (κ2) is 7.56. The first-order valence-corrected chi connectivity index (χ1v) is 7.63. The summed E-state index contributed by atoms with van der Waals surface area (Å²) in [5.41, 5.74) is 0.780. The standard InChI is InChI=1S/C15H15N3O3S/c1-11-5-6-12(10-13(11)18(20)21)15(19)17-8-9-22-14-4-2-3-7-16-14/h2-7,10H,8-9H2,1H3,(H,17,19). The molecule has 0 aliphatic heterocycles. The van der Waals surface area contributed by atoms with Gasteiger partial charge in [-0.25, -0.2) is 4.98 Å². The van der Waals surface area contributed by atoms with Crippen LogP contribution in [0.15, 0.2) is 47.6 Å². The molecule has 0 bridgehead atoms. The van der Waals surface area contributed by atoms with Crippen LogP contribution >= 0.6 is 11.8 Å². The molecule has 7 heteroatoms. The van der Waals surface area contributed by atoms with Gasteiger partial charge >= 0.3 is 0 Å². The topological polar surface area (TPSA) is 85.1 Å². The van der Waals surface area contributed by atoms with Gasteiger partial charge in [-0.2, -0.15) is 0 Å². The normalized spacial score (nSPS) is 10.2. The highest BCUT2D eigenvalue weighted by atomic mass is 32.2. The summed E-state index contributed by atoms with van der Waals surface area (Å²) in [6, 6.07) is 10.1. The van der Waals surface area contributed by atoms with Crippen molar-refractivity contribution in [3.05, 3.63) is 63.8 Å². The average molecular weight is 317 g/mol. The van der Waals surface area contributed by atoms with Gasteiger partial charge in [0.15, 0.2) is 0 Å². The summed E-state index contributed by atoms with van der Waals surface area (Å²) in [4.78, 5) is 26.5. The smallest absolute Gasteiger partial charge is 0.273 e. The second-order valence-corrected chi connectivity index (χ2v) is 5.65. The maximum absolute atomic E-state index is 12.0. The molecule has 0 atom stereocenters. The van der Waals surface area contributed by atoms with E-state index in [9.17, 15) is 14.9 Å². The zero-order chi connectivity index (χ0) is 15.9. The first-order chi connectivity index (χ1) is 10.6. The number of nitro groups is 1. The zero-order valence-corrected chi connectivity index (χ0v) is 12.8. The van der Waals surface area contributed by atoms with Gasteiger partial charge in [0.2, 0.25) is 0 Å². The summed E-state index contributed by atoms with van der Waals surface area (Å²) in [5, 5.41) is 14.5. The second-order valence-electron chi connectivity index (χ2n) is 4.53. The number of nitrogens with one attached hydrogen (secondary N) is 1. The number of thioether (sulfide) groups is 1. The van der Waals surface area contributed by atoms with Gasteiger partial charge in [0, 0.05) is 35.7 Å². The van der Waals surface area contributed by atoms with Gasteiger partial charge in [-0.05, 0) is 25.1 Å². The van der Waals surface area contributed by atoms with Crippen LogP contribution in [0.5, 0.6) is 0 Å². The first-order valence-electron chi connectivity index (χ1n) is 6.65. The molecule has 0 aliphatic rings. The Morgan fingerprint density at radius 2 is 2.18 bits per heavy atom. The van der Waals surface area contributed by atoms with Crippen LogP contribution in [0, 0.1) is 17.0 Å². The minimum absolute atomic E-state index is 0.0458. The predicted octanol–water partition coefficient (Wildman–Crippen LogP) is 2.82. The van der Waals surface area contributed by atoms with E-state index in [1.807, 2.05) is 18.2 Å². The summed E-state index contributed by atoms with van der Waals surface area (Å²) < 4.78 is 0. The summed E-state index contributed by atoms with van der Waals surface area (Å²) in [7, 11) is 0. The van der Waals surface area contributed by atoms with E-state index in [2.05, 4.69) is 10.3 Å². The molecule has 6 nitrogen and oxygen atoms in total. The van der Waals surface area contributed by atoms with Crippen molar-refractivity contribution < 1.29 is 9.72 Å². The van der Waals surface area contributed by atoms with Crippen LogP contribution < -0.4 is 5.32 Å². The van der Waals surface area contributed by atoms with Crippen molar-refractivity contribution in [1.82, 2.24) is 10.3 Å². The van der Waals surface area contributed by atoms with Crippen LogP contribution in [0.3, 0.4) is 0 Å². The molecule has 114 valence electrons. The lowest BCUT2D eigenvalue weighted by molar-refractivity contribution is -0.385. The SMILES string of the molecule is Cc1ccc(C(=O)NCCSc2ccccn2)cc1[N+](=O)[O-]. The van der Waals surface area contributed by atoms with E-state index in [1.165, 1.54) is 17.8 Å². The molecule has 0 fully saturated rings.